The monoisotopic (exact) mass is 325 g/mol. The van der Waals surface area contributed by atoms with Crippen molar-refractivity contribution in [3.63, 3.8) is 0 Å². The number of benzene rings is 2. The third-order valence-electron chi connectivity index (χ3n) is 3.73. The Hall–Kier alpha value is -3.28. The molecule has 0 unspecified atom stereocenters. The van der Waals surface area contributed by atoms with Gasteiger partial charge in [0, 0.05) is 37.1 Å². The molecular formula is C18H15NO5. The van der Waals surface area contributed by atoms with Crippen LogP contribution in [0.2, 0.25) is 0 Å². The van der Waals surface area contributed by atoms with Crippen LogP contribution >= 0.6 is 0 Å². The molecule has 0 radical (unpaired) electrons. The van der Waals surface area contributed by atoms with Crippen molar-refractivity contribution in [2.45, 2.75) is 6.92 Å². The Labute approximate surface area is 137 Å². The lowest BCUT2D eigenvalue weighted by atomic mass is 10.0. The number of aromatic nitrogens is 1. The van der Waals surface area contributed by atoms with E-state index in [0.29, 0.717) is 27.8 Å². The van der Waals surface area contributed by atoms with Crippen LogP contribution in [-0.2, 0) is 11.8 Å². The van der Waals surface area contributed by atoms with E-state index < -0.39 is 5.97 Å². The van der Waals surface area contributed by atoms with Crippen LogP contribution in [0.1, 0.15) is 6.92 Å². The van der Waals surface area contributed by atoms with Gasteiger partial charge in [0.15, 0.2) is 0 Å². The molecule has 0 fully saturated rings. The lowest BCUT2D eigenvalue weighted by Gasteiger charge is -2.11. The zero-order chi connectivity index (χ0) is 17.4. The molecule has 0 spiro atoms. The van der Waals surface area contributed by atoms with Crippen molar-refractivity contribution in [2.75, 3.05) is 0 Å². The Bertz CT molecular complexity index is 1000. The van der Waals surface area contributed by atoms with Crippen LogP contribution < -0.4 is 10.3 Å². The second-order valence-electron chi connectivity index (χ2n) is 5.44. The topological polar surface area (TPSA) is 88.8 Å². The summed E-state index contributed by atoms with van der Waals surface area (Å²) in [6.45, 7) is 1.31. The predicted molar refractivity (Wildman–Crippen MR) is 89.3 cm³/mol. The van der Waals surface area contributed by atoms with E-state index in [-0.39, 0.29) is 17.1 Å². The quantitative estimate of drug-likeness (QED) is 0.558. The van der Waals surface area contributed by atoms with Crippen LogP contribution in [0.3, 0.4) is 0 Å². The van der Waals surface area contributed by atoms with Gasteiger partial charge < -0.3 is 19.5 Å². The second-order valence-corrected chi connectivity index (χ2v) is 5.44. The number of phenols is 2. The molecule has 6 heteroatoms. The first kappa shape index (κ1) is 15.6. The first-order valence-corrected chi connectivity index (χ1v) is 7.21. The van der Waals surface area contributed by atoms with Crippen LogP contribution in [0.4, 0.5) is 0 Å². The number of aromatic hydroxyl groups is 2. The summed E-state index contributed by atoms with van der Waals surface area (Å²) in [5.41, 5.74) is 1.17. The number of aryl methyl sites for hydroxylation is 1. The summed E-state index contributed by atoms with van der Waals surface area (Å²) in [5, 5.41) is 20.1. The molecule has 0 aliphatic heterocycles. The number of nitrogens with zero attached hydrogens (tertiary/aromatic N) is 1. The minimum absolute atomic E-state index is 0.113. The van der Waals surface area contributed by atoms with Crippen LogP contribution in [0.25, 0.3) is 22.0 Å². The largest absolute Gasteiger partial charge is 0.508 e. The SMILES string of the molecule is CC(=O)Oc1ccc(-c2cc3c(O)cc(O)cc3n(C)c2=O)cc1. The average Bonchev–Trinajstić information content (AvgIpc) is 2.52. The molecule has 0 bridgehead atoms. The van der Waals surface area contributed by atoms with Gasteiger partial charge in [0.05, 0.1) is 5.52 Å². The maximum Gasteiger partial charge on any atom is 0.308 e. The minimum Gasteiger partial charge on any atom is -0.508 e. The number of fused-ring (bicyclic) bond motifs is 1. The Balaban J connectivity index is 2.18. The van der Waals surface area contributed by atoms with Crippen molar-refractivity contribution in [1.82, 2.24) is 4.57 Å². The fraction of sp³-hybridized carbons (Fsp3) is 0.111. The molecule has 3 rings (SSSR count). The molecule has 3 aromatic rings. The Morgan fingerprint density at radius 1 is 1.08 bits per heavy atom. The number of ether oxygens (including phenoxy) is 1. The number of pyridine rings is 1. The summed E-state index contributed by atoms with van der Waals surface area (Å²) >= 11 is 0. The fourth-order valence-corrected chi connectivity index (χ4v) is 2.61. The predicted octanol–water partition coefficient (Wildman–Crippen LogP) is 2.54. The van der Waals surface area contributed by atoms with Gasteiger partial charge in [-0.1, -0.05) is 12.1 Å². The number of carbonyl (C=O) groups excluding carboxylic acids is 1. The summed E-state index contributed by atoms with van der Waals surface area (Å²) in [4.78, 5) is 23.5. The third kappa shape index (κ3) is 2.69. The molecule has 2 N–H and O–H groups in total. The smallest absolute Gasteiger partial charge is 0.308 e. The highest BCUT2D eigenvalue weighted by atomic mass is 16.5. The van der Waals surface area contributed by atoms with E-state index in [0.717, 1.165) is 0 Å². The lowest BCUT2D eigenvalue weighted by molar-refractivity contribution is -0.131. The van der Waals surface area contributed by atoms with E-state index in [1.165, 1.54) is 23.6 Å². The normalized spacial score (nSPS) is 10.8. The zero-order valence-corrected chi connectivity index (χ0v) is 13.1. The zero-order valence-electron chi connectivity index (χ0n) is 13.1. The molecule has 1 heterocycles. The number of hydrogen-bond acceptors (Lipinski definition) is 5. The molecule has 0 saturated carbocycles. The van der Waals surface area contributed by atoms with Crippen LogP contribution in [0, 0.1) is 0 Å². The first-order valence-electron chi connectivity index (χ1n) is 7.21. The lowest BCUT2D eigenvalue weighted by Crippen LogP contribution is -2.18. The van der Waals surface area contributed by atoms with Gasteiger partial charge in [0.1, 0.15) is 17.2 Å². The molecule has 122 valence electrons. The third-order valence-corrected chi connectivity index (χ3v) is 3.73. The van der Waals surface area contributed by atoms with Crippen molar-refractivity contribution in [2.24, 2.45) is 7.05 Å². The summed E-state index contributed by atoms with van der Waals surface area (Å²) in [6, 6.07) is 10.7. The van der Waals surface area contributed by atoms with Gasteiger partial charge in [-0.05, 0) is 23.8 Å². The summed E-state index contributed by atoms with van der Waals surface area (Å²) < 4.78 is 6.34. The van der Waals surface area contributed by atoms with Gasteiger partial charge >= 0.3 is 5.97 Å². The highest BCUT2D eigenvalue weighted by Gasteiger charge is 2.13. The van der Waals surface area contributed by atoms with E-state index in [1.54, 1.807) is 37.4 Å². The Morgan fingerprint density at radius 3 is 2.38 bits per heavy atom. The summed E-state index contributed by atoms with van der Waals surface area (Å²) in [7, 11) is 1.57. The maximum atomic E-state index is 12.6. The van der Waals surface area contributed by atoms with Crippen molar-refractivity contribution in [1.29, 1.82) is 0 Å². The molecule has 0 amide bonds. The first-order chi connectivity index (χ1) is 11.4. The molecule has 0 atom stereocenters. The highest BCUT2D eigenvalue weighted by Crippen LogP contribution is 2.31. The average molecular weight is 325 g/mol. The van der Waals surface area contributed by atoms with Gasteiger partial charge in [-0.15, -0.1) is 0 Å². The maximum absolute atomic E-state index is 12.6. The molecule has 24 heavy (non-hydrogen) atoms. The van der Waals surface area contributed by atoms with Crippen LogP contribution in [0.5, 0.6) is 17.2 Å². The van der Waals surface area contributed by atoms with E-state index in [4.69, 9.17) is 4.74 Å². The molecule has 0 aliphatic carbocycles. The minimum atomic E-state index is -0.422. The molecule has 1 aromatic heterocycles. The van der Waals surface area contributed by atoms with Crippen LogP contribution in [-0.4, -0.2) is 20.7 Å². The van der Waals surface area contributed by atoms with E-state index in [1.807, 2.05) is 0 Å². The highest BCUT2D eigenvalue weighted by molar-refractivity contribution is 5.90. The molecule has 2 aromatic carbocycles. The number of phenolic OH excluding ortho intramolecular Hbond substituents is 2. The van der Waals surface area contributed by atoms with E-state index in [2.05, 4.69) is 0 Å². The molecule has 0 aliphatic rings. The van der Waals surface area contributed by atoms with Crippen molar-refractivity contribution in [3.8, 4) is 28.4 Å². The van der Waals surface area contributed by atoms with Gasteiger partial charge in [-0.3, -0.25) is 9.59 Å². The number of rotatable bonds is 2. The van der Waals surface area contributed by atoms with Crippen molar-refractivity contribution in [3.05, 3.63) is 52.8 Å². The van der Waals surface area contributed by atoms with Crippen LogP contribution in [0.15, 0.2) is 47.3 Å². The van der Waals surface area contributed by atoms with E-state index >= 15 is 0 Å². The van der Waals surface area contributed by atoms with Gasteiger partial charge in [-0.2, -0.15) is 0 Å². The summed E-state index contributed by atoms with van der Waals surface area (Å²) in [6.07, 6.45) is 0. The Kier molecular flexibility index (Phi) is 3.73. The second kappa shape index (κ2) is 5.73. The summed E-state index contributed by atoms with van der Waals surface area (Å²) in [5.74, 6) is -0.266. The standard InChI is InChI=1S/C18H15NO5/c1-10(20)24-13-5-3-11(4-6-13)14-9-15-16(19(2)18(14)23)7-12(21)8-17(15)22/h3-9,21-22H,1-2H3. The van der Waals surface area contributed by atoms with Gasteiger partial charge in [0.25, 0.3) is 5.56 Å². The molecule has 6 nitrogen and oxygen atoms in total. The Morgan fingerprint density at radius 2 is 1.75 bits per heavy atom. The van der Waals surface area contributed by atoms with E-state index in [9.17, 15) is 19.8 Å². The van der Waals surface area contributed by atoms with Crippen molar-refractivity contribution >= 4 is 16.9 Å². The van der Waals surface area contributed by atoms with Crippen molar-refractivity contribution < 1.29 is 19.7 Å². The molecular weight excluding hydrogens is 310 g/mol. The number of hydrogen-bond donors (Lipinski definition) is 2. The fourth-order valence-electron chi connectivity index (χ4n) is 2.61. The van der Waals surface area contributed by atoms with Gasteiger partial charge in [-0.25, -0.2) is 0 Å². The number of esters is 1. The van der Waals surface area contributed by atoms with Gasteiger partial charge in [0.2, 0.25) is 0 Å². The number of carbonyl (C=O) groups is 1. The molecule has 0 saturated heterocycles.